The Bertz CT molecular complexity index is 1060. The number of allylic oxidation sites excluding steroid dienone is 1. The van der Waals surface area contributed by atoms with Gasteiger partial charge >= 0.3 is 17.9 Å². The summed E-state index contributed by atoms with van der Waals surface area (Å²) in [5.41, 5.74) is 2.62. The Morgan fingerprint density at radius 2 is 1.35 bits per heavy atom. The van der Waals surface area contributed by atoms with Crippen LogP contribution < -0.4 is 9.47 Å². The van der Waals surface area contributed by atoms with Crippen LogP contribution in [0.1, 0.15) is 35.3 Å². The number of carbonyl (C=O) groups excluding carboxylic acids is 3. The van der Waals surface area contributed by atoms with Crippen molar-refractivity contribution in [1.29, 1.82) is 0 Å². The van der Waals surface area contributed by atoms with Crippen LogP contribution in [0, 0.1) is 6.92 Å². The highest BCUT2D eigenvalue weighted by Gasteiger charge is 2.13. The topological polar surface area (TPSA) is 78.9 Å². The smallest absolute Gasteiger partial charge is 0.343 e. The van der Waals surface area contributed by atoms with Crippen molar-refractivity contribution in [2.75, 3.05) is 0 Å². The van der Waals surface area contributed by atoms with Gasteiger partial charge in [0.25, 0.3) is 0 Å². The van der Waals surface area contributed by atoms with Crippen LogP contribution in [0.25, 0.3) is 0 Å². The average molecular weight is 420 g/mol. The number of rotatable bonds is 8. The molecule has 160 valence electrons. The van der Waals surface area contributed by atoms with Gasteiger partial charge in [0.1, 0.15) is 17.3 Å². The first-order valence-corrected chi connectivity index (χ1v) is 9.41. The second kappa shape index (κ2) is 10.2. The van der Waals surface area contributed by atoms with E-state index < -0.39 is 17.9 Å². The Hall–Kier alpha value is -3.93. The first-order chi connectivity index (χ1) is 14.6. The Labute approximate surface area is 181 Å². The zero-order chi connectivity index (χ0) is 23.1. The molecular weight excluding hydrogens is 396 g/mol. The lowest BCUT2D eigenvalue weighted by atomic mass is 10.0. The van der Waals surface area contributed by atoms with E-state index in [-0.39, 0.29) is 11.1 Å². The SMILES string of the molecule is C=C(Cc1ccc(C(=O)Oc2ccc(OC(=O)C(=C)C)cc2)cc1C)OC(=O)C(=C)C. The standard InChI is InChI=1S/C25H24O6/c1-15(2)23(26)29-18(6)14-19-7-8-20(13-17(19)5)25(28)31-22-11-9-21(10-12-22)30-24(27)16(3)4/h7-13H,1,3,6,14H2,2,4-5H3. The lowest BCUT2D eigenvalue weighted by Crippen LogP contribution is -2.10. The van der Waals surface area contributed by atoms with E-state index >= 15 is 0 Å². The summed E-state index contributed by atoms with van der Waals surface area (Å²) in [6.45, 7) is 15.7. The van der Waals surface area contributed by atoms with Gasteiger partial charge in [0.05, 0.1) is 5.56 Å². The molecule has 0 aliphatic heterocycles. The van der Waals surface area contributed by atoms with E-state index in [0.29, 0.717) is 29.2 Å². The molecule has 0 saturated heterocycles. The van der Waals surface area contributed by atoms with Crippen molar-refractivity contribution in [3.8, 4) is 11.5 Å². The molecule has 2 aromatic carbocycles. The first kappa shape index (κ1) is 23.3. The molecule has 0 N–H and O–H groups in total. The molecule has 0 aliphatic carbocycles. The molecule has 2 aromatic rings. The number of hydrogen-bond donors (Lipinski definition) is 0. The molecule has 6 nitrogen and oxygen atoms in total. The predicted octanol–water partition coefficient (Wildman–Crippen LogP) is 4.87. The maximum absolute atomic E-state index is 12.5. The van der Waals surface area contributed by atoms with Crippen LogP contribution in [0.15, 0.2) is 79.1 Å². The number of esters is 3. The molecule has 0 aromatic heterocycles. The summed E-state index contributed by atoms with van der Waals surface area (Å²) in [6.07, 6.45) is 0.324. The van der Waals surface area contributed by atoms with Crippen molar-refractivity contribution >= 4 is 17.9 Å². The fourth-order valence-corrected chi connectivity index (χ4v) is 2.42. The lowest BCUT2D eigenvalue weighted by Gasteiger charge is -2.11. The molecule has 0 atom stereocenters. The van der Waals surface area contributed by atoms with Crippen LogP contribution in [0.3, 0.4) is 0 Å². The van der Waals surface area contributed by atoms with Gasteiger partial charge in [-0.2, -0.15) is 0 Å². The van der Waals surface area contributed by atoms with E-state index in [1.54, 1.807) is 32.0 Å². The highest BCUT2D eigenvalue weighted by molar-refractivity contribution is 5.91. The summed E-state index contributed by atoms with van der Waals surface area (Å²) in [7, 11) is 0. The molecule has 0 radical (unpaired) electrons. The Morgan fingerprint density at radius 1 is 0.806 bits per heavy atom. The molecule has 0 heterocycles. The molecule has 31 heavy (non-hydrogen) atoms. The second-order valence-corrected chi connectivity index (χ2v) is 7.06. The number of benzene rings is 2. The van der Waals surface area contributed by atoms with Gasteiger partial charge in [0.2, 0.25) is 0 Å². The van der Waals surface area contributed by atoms with Gasteiger partial charge in [0, 0.05) is 17.6 Å². The summed E-state index contributed by atoms with van der Waals surface area (Å²) >= 11 is 0. The van der Waals surface area contributed by atoms with Crippen LogP contribution in [-0.4, -0.2) is 17.9 Å². The maximum atomic E-state index is 12.5. The van der Waals surface area contributed by atoms with E-state index in [9.17, 15) is 14.4 Å². The number of ether oxygens (including phenoxy) is 3. The minimum atomic E-state index is -0.533. The summed E-state index contributed by atoms with van der Waals surface area (Å²) < 4.78 is 15.6. The van der Waals surface area contributed by atoms with Gasteiger partial charge in [-0.25, -0.2) is 14.4 Å². The quantitative estimate of drug-likeness (QED) is 0.262. The van der Waals surface area contributed by atoms with E-state index in [1.807, 2.05) is 6.92 Å². The van der Waals surface area contributed by atoms with Gasteiger partial charge in [-0.05, 0) is 68.3 Å². The second-order valence-electron chi connectivity index (χ2n) is 7.06. The van der Waals surface area contributed by atoms with Crippen molar-refractivity contribution in [1.82, 2.24) is 0 Å². The molecule has 0 saturated carbocycles. The largest absolute Gasteiger partial charge is 0.428 e. The van der Waals surface area contributed by atoms with Crippen LogP contribution in [0.4, 0.5) is 0 Å². The maximum Gasteiger partial charge on any atom is 0.343 e. The van der Waals surface area contributed by atoms with Gasteiger partial charge in [0.15, 0.2) is 0 Å². The van der Waals surface area contributed by atoms with Crippen molar-refractivity contribution in [3.05, 3.63) is 95.8 Å². The monoisotopic (exact) mass is 420 g/mol. The number of aryl methyl sites for hydroxylation is 1. The minimum absolute atomic E-state index is 0.284. The minimum Gasteiger partial charge on any atom is -0.428 e. The van der Waals surface area contributed by atoms with Crippen molar-refractivity contribution in [3.63, 3.8) is 0 Å². The summed E-state index contributed by atoms with van der Waals surface area (Å²) in [6, 6.07) is 11.2. The summed E-state index contributed by atoms with van der Waals surface area (Å²) in [5.74, 6) is -0.670. The number of carbonyl (C=O) groups is 3. The Kier molecular flexibility index (Phi) is 7.69. The molecule has 0 spiro atoms. The van der Waals surface area contributed by atoms with E-state index in [1.165, 1.54) is 24.3 Å². The molecular formula is C25H24O6. The highest BCUT2D eigenvalue weighted by Crippen LogP contribution is 2.21. The third-order valence-electron chi connectivity index (χ3n) is 4.14. The normalized spacial score (nSPS) is 10.0. The van der Waals surface area contributed by atoms with Crippen LogP contribution in [0.2, 0.25) is 0 Å². The van der Waals surface area contributed by atoms with Crippen molar-refractivity contribution in [2.24, 2.45) is 0 Å². The fraction of sp³-hybridized carbons (Fsp3) is 0.160. The third kappa shape index (κ3) is 6.82. The average Bonchev–Trinajstić information content (AvgIpc) is 2.70. The van der Waals surface area contributed by atoms with Gasteiger partial charge < -0.3 is 14.2 Å². The van der Waals surface area contributed by atoms with Crippen LogP contribution >= 0.6 is 0 Å². The number of hydrogen-bond acceptors (Lipinski definition) is 6. The lowest BCUT2D eigenvalue weighted by molar-refractivity contribution is -0.135. The van der Waals surface area contributed by atoms with Crippen molar-refractivity contribution in [2.45, 2.75) is 27.2 Å². The highest BCUT2D eigenvalue weighted by atomic mass is 16.5. The summed E-state index contributed by atoms with van der Waals surface area (Å²) in [5, 5.41) is 0. The molecule has 0 fully saturated rings. The molecule has 0 aliphatic rings. The predicted molar refractivity (Wildman–Crippen MR) is 117 cm³/mol. The molecule has 2 rings (SSSR count). The molecule has 0 amide bonds. The summed E-state index contributed by atoms with van der Waals surface area (Å²) in [4.78, 5) is 35.6. The van der Waals surface area contributed by atoms with Crippen LogP contribution in [0.5, 0.6) is 11.5 Å². The van der Waals surface area contributed by atoms with E-state index in [2.05, 4.69) is 19.7 Å². The van der Waals surface area contributed by atoms with Crippen molar-refractivity contribution < 1.29 is 28.6 Å². The Balaban J connectivity index is 2.01. The van der Waals surface area contributed by atoms with Gasteiger partial charge in [-0.3, -0.25) is 0 Å². The molecule has 0 unspecified atom stereocenters. The molecule has 6 heteroatoms. The fourth-order valence-electron chi connectivity index (χ4n) is 2.42. The first-order valence-electron chi connectivity index (χ1n) is 9.41. The molecule has 0 bridgehead atoms. The zero-order valence-corrected chi connectivity index (χ0v) is 17.8. The van der Waals surface area contributed by atoms with Gasteiger partial charge in [-0.1, -0.05) is 25.8 Å². The van der Waals surface area contributed by atoms with Gasteiger partial charge in [-0.15, -0.1) is 0 Å². The van der Waals surface area contributed by atoms with E-state index in [0.717, 1.165) is 11.1 Å². The van der Waals surface area contributed by atoms with Crippen LogP contribution in [-0.2, 0) is 20.7 Å². The Morgan fingerprint density at radius 3 is 1.87 bits per heavy atom. The third-order valence-corrected chi connectivity index (χ3v) is 4.14. The van der Waals surface area contributed by atoms with E-state index in [4.69, 9.17) is 14.2 Å². The zero-order valence-electron chi connectivity index (χ0n) is 17.8.